The number of imide groups is 1. The summed E-state index contributed by atoms with van der Waals surface area (Å²) in [6, 6.07) is 4.82. The Morgan fingerprint density at radius 1 is 1.22 bits per heavy atom. The molecule has 0 saturated carbocycles. The van der Waals surface area contributed by atoms with Crippen molar-refractivity contribution in [2.45, 2.75) is 19.4 Å². The summed E-state index contributed by atoms with van der Waals surface area (Å²) in [4.78, 5) is 47.5. The lowest BCUT2D eigenvalue weighted by Gasteiger charge is -2.17. The van der Waals surface area contributed by atoms with Crippen LogP contribution >= 0.6 is 23.4 Å². The minimum Gasteiger partial charge on any atom is -0.454 e. The van der Waals surface area contributed by atoms with Crippen molar-refractivity contribution >= 4 is 47.2 Å². The van der Waals surface area contributed by atoms with Crippen molar-refractivity contribution in [3.05, 3.63) is 34.9 Å². The van der Waals surface area contributed by atoms with E-state index in [4.69, 9.17) is 16.3 Å². The fourth-order valence-corrected chi connectivity index (χ4v) is 2.66. The highest BCUT2D eigenvalue weighted by molar-refractivity contribution is 7.98. The van der Waals surface area contributed by atoms with Gasteiger partial charge >= 0.3 is 12.0 Å². The van der Waals surface area contributed by atoms with Gasteiger partial charge in [-0.05, 0) is 37.5 Å². The Bertz CT molecular complexity index is 686. The van der Waals surface area contributed by atoms with Crippen LogP contribution in [-0.2, 0) is 14.3 Å². The highest BCUT2D eigenvalue weighted by Gasteiger charge is 2.24. The van der Waals surface area contributed by atoms with Gasteiger partial charge in [0.05, 0.1) is 10.6 Å². The minimum atomic E-state index is -0.946. The Balaban J connectivity index is 2.65. The third kappa shape index (κ3) is 8.31. The molecule has 4 amide bonds. The third-order valence-electron chi connectivity index (χ3n) is 3.25. The second-order valence-electron chi connectivity index (χ2n) is 5.30. The molecule has 1 aromatic carbocycles. The fraction of sp³-hybridized carbons (Fsp3) is 0.412. The first kappa shape index (κ1) is 22.8. The van der Waals surface area contributed by atoms with Gasteiger partial charge in [0.1, 0.15) is 6.04 Å². The van der Waals surface area contributed by atoms with Crippen molar-refractivity contribution in [2.24, 2.45) is 0 Å². The molecular weight excluding hydrogens is 394 g/mol. The van der Waals surface area contributed by atoms with Gasteiger partial charge < -0.3 is 15.4 Å². The van der Waals surface area contributed by atoms with Crippen LogP contribution in [0.1, 0.15) is 23.7 Å². The van der Waals surface area contributed by atoms with Crippen LogP contribution in [-0.4, -0.2) is 55.0 Å². The van der Waals surface area contributed by atoms with Crippen LogP contribution in [0, 0.1) is 0 Å². The highest BCUT2D eigenvalue weighted by atomic mass is 35.5. The zero-order chi connectivity index (χ0) is 20.2. The average Bonchev–Trinajstić information content (AvgIpc) is 2.63. The lowest BCUT2D eigenvalue weighted by molar-refractivity contribution is -0.150. The van der Waals surface area contributed by atoms with E-state index in [1.807, 2.05) is 11.6 Å². The second-order valence-corrected chi connectivity index (χ2v) is 6.70. The van der Waals surface area contributed by atoms with E-state index in [1.54, 1.807) is 25.1 Å². The summed E-state index contributed by atoms with van der Waals surface area (Å²) in [6.45, 7) is 1.42. The molecule has 10 heteroatoms. The quantitative estimate of drug-likeness (QED) is 0.528. The summed E-state index contributed by atoms with van der Waals surface area (Å²) >= 11 is 7.49. The molecule has 0 spiro atoms. The van der Waals surface area contributed by atoms with Crippen molar-refractivity contribution < 1.29 is 23.9 Å². The summed E-state index contributed by atoms with van der Waals surface area (Å²) in [5.41, 5.74) is 0.232. The van der Waals surface area contributed by atoms with Crippen molar-refractivity contribution in [3.8, 4) is 0 Å². The maximum Gasteiger partial charge on any atom is 0.329 e. The average molecular weight is 416 g/mol. The Hall–Kier alpha value is -2.26. The number of thioether (sulfide) groups is 1. The number of urea groups is 1. The first-order chi connectivity index (χ1) is 12.9. The maximum absolute atomic E-state index is 12.4. The third-order valence-corrected chi connectivity index (χ3v) is 4.23. The first-order valence-corrected chi connectivity index (χ1v) is 9.94. The molecule has 0 bridgehead atoms. The van der Waals surface area contributed by atoms with E-state index in [0.29, 0.717) is 18.7 Å². The van der Waals surface area contributed by atoms with Gasteiger partial charge in [-0.25, -0.2) is 9.59 Å². The molecule has 0 aliphatic heterocycles. The normalized spacial score (nSPS) is 11.2. The minimum absolute atomic E-state index is 0.232. The summed E-state index contributed by atoms with van der Waals surface area (Å²) in [5, 5.41) is 7.23. The van der Waals surface area contributed by atoms with Crippen molar-refractivity contribution in [1.82, 2.24) is 16.0 Å². The van der Waals surface area contributed by atoms with Gasteiger partial charge in [-0.15, -0.1) is 0 Å². The topological polar surface area (TPSA) is 114 Å². The molecule has 27 heavy (non-hydrogen) atoms. The summed E-state index contributed by atoms with van der Waals surface area (Å²) in [6.07, 6.45) is 2.17. The predicted molar refractivity (Wildman–Crippen MR) is 104 cm³/mol. The number of carbonyl (C=O) groups is 4. The Kier molecular flexibility index (Phi) is 10.3. The van der Waals surface area contributed by atoms with Crippen LogP contribution in [0.25, 0.3) is 0 Å². The van der Waals surface area contributed by atoms with Gasteiger partial charge in [0.25, 0.3) is 11.8 Å². The van der Waals surface area contributed by atoms with Crippen LogP contribution in [0.3, 0.4) is 0 Å². The molecule has 0 aliphatic rings. The lowest BCUT2D eigenvalue weighted by Crippen LogP contribution is -2.45. The second kappa shape index (κ2) is 12.2. The number of nitrogens with one attached hydrogen (secondary N) is 3. The molecule has 1 rings (SSSR count). The molecule has 148 valence electrons. The van der Waals surface area contributed by atoms with Gasteiger partial charge in [-0.2, -0.15) is 11.8 Å². The molecule has 8 nitrogen and oxygen atoms in total. The number of esters is 1. The van der Waals surface area contributed by atoms with Crippen molar-refractivity contribution in [2.75, 3.05) is 25.2 Å². The van der Waals surface area contributed by atoms with Crippen LogP contribution in [0.15, 0.2) is 24.3 Å². The van der Waals surface area contributed by atoms with Gasteiger partial charge in [0.2, 0.25) is 0 Å². The molecule has 0 aliphatic carbocycles. The van der Waals surface area contributed by atoms with Crippen LogP contribution in [0.5, 0.6) is 0 Å². The van der Waals surface area contributed by atoms with Gasteiger partial charge in [0, 0.05) is 6.54 Å². The molecular formula is C17H22ClN3O5S. The molecule has 1 atom stereocenters. The standard InChI is InChI=1S/C17H22ClN3O5S/c1-3-19-17(25)21-14(22)10-26-16(24)13(8-9-27-2)20-15(23)11-6-4-5-7-12(11)18/h4-7,13H,3,8-10H2,1-2H3,(H,20,23)(H2,19,21,22,25)/t13-/m0/s1. The van der Waals surface area contributed by atoms with E-state index >= 15 is 0 Å². The number of halogens is 1. The number of amides is 4. The largest absolute Gasteiger partial charge is 0.454 e. The Labute approximate surface area is 166 Å². The fourth-order valence-electron chi connectivity index (χ4n) is 1.97. The zero-order valence-corrected chi connectivity index (χ0v) is 16.6. The van der Waals surface area contributed by atoms with E-state index in [9.17, 15) is 19.2 Å². The maximum atomic E-state index is 12.4. The van der Waals surface area contributed by atoms with Gasteiger partial charge in [-0.3, -0.25) is 14.9 Å². The van der Waals surface area contributed by atoms with Gasteiger partial charge in [-0.1, -0.05) is 23.7 Å². The molecule has 3 N–H and O–H groups in total. The van der Waals surface area contributed by atoms with E-state index < -0.39 is 36.5 Å². The SMILES string of the molecule is CCNC(=O)NC(=O)COC(=O)[C@H](CCSC)NC(=O)c1ccccc1Cl. The molecule has 0 saturated heterocycles. The number of carbonyl (C=O) groups excluding carboxylic acids is 4. The summed E-state index contributed by atoms with van der Waals surface area (Å²) < 4.78 is 4.92. The molecule has 0 aromatic heterocycles. The van der Waals surface area contributed by atoms with E-state index in [-0.39, 0.29) is 10.6 Å². The zero-order valence-electron chi connectivity index (χ0n) is 15.0. The van der Waals surface area contributed by atoms with Crippen LogP contribution < -0.4 is 16.0 Å². The Morgan fingerprint density at radius 3 is 2.56 bits per heavy atom. The van der Waals surface area contributed by atoms with E-state index in [2.05, 4.69) is 10.6 Å². The molecule has 0 unspecified atom stereocenters. The molecule has 1 aromatic rings. The van der Waals surface area contributed by atoms with E-state index in [1.165, 1.54) is 17.8 Å². The predicted octanol–water partition coefficient (Wildman–Crippen LogP) is 1.58. The molecule has 0 radical (unpaired) electrons. The smallest absolute Gasteiger partial charge is 0.329 e. The van der Waals surface area contributed by atoms with Crippen LogP contribution in [0.2, 0.25) is 5.02 Å². The summed E-state index contributed by atoms with van der Waals surface area (Å²) in [5.74, 6) is -1.46. The van der Waals surface area contributed by atoms with Crippen molar-refractivity contribution in [1.29, 1.82) is 0 Å². The number of rotatable bonds is 9. The lowest BCUT2D eigenvalue weighted by atomic mass is 10.1. The molecule has 0 fully saturated rings. The Morgan fingerprint density at radius 2 is 1.93 bits per heavy atom. The number of ether oxygens (including phenoxy) is 1. The highest BCUT2D eigenvalue weighted by Crippen LogP contribution is 2.15. The number of hydrogen-bond acceptors (Lipinski definition) is 6. The number of benzene rings is 1. The summed E-state index contributed by atoms with van der Waals surface area (Å²) in [7, 11) is 0. The van der Waals surface area contributed by atoms with Crippen molar-refractivity contribution in [3.63, 3.8) is 0 Å². The monoisotopic (exact) mass is 415 g/mol. The van der Waals surface area contributed by atoms with Crippen LogP contribution in [0.4, 0.5) is 4.79 Å². The molecule has 0 heterocycles. The first-order valence-electron chi connectivity index (χ1n) is 8.17. The van der Waals surface area contributed by atoms with Gasteiger partial charge in [0.15, 0.2) is 6.61 Å². The van der Waals surface area contributed by atoms with E-state index in [0.717, 1.165) is 0 Å². The number of hydrogen-bond donors (Lipinski definition) is 3.